The van der Waals surface area contributed by atoms with E-state index in [1.165, 1.54) is 0 Å². The van der Waals surface area contributed by atoms with Gasteiger partial charge >= 0.3 is 6.03 Å². The molecule has 2 aromatic rings. The number of hydrogen-bond donors (Lipinski definition) is 2. The minimum atomic E-state index is -0.352. The van der Waals surface area contributed by atoms with Gasteiger partial charge in [-0.3, -0.25) is 0 Å². The monoisotopic (exact) mass is 391 g/mol. The highest BCUT2D eigenvalue weighted by Crippen LogP contribution is 2.57. The fraction of sp³-hybridized carbons (Fsp3) is 0.391. The molecule has 4 rings (SSSR count). The highest BCUT2D eigenvalue weighted by atomic mass is 16.5. The molecule has 0 bridgehead atoms. The SMILES string of the molecule is CC1(C)OCC2CC21NC(=O)Nc1ccccc1COc1ccc(CC#N)cc1. The molecule has 6 heteroatoms. The van der Waals surface area contributed by atoms with Gasteiger partial charge in [0.2, 0.25) is 0 Å². The van der Waals surface area contributed by atoms with E-state index in [-0.39, 0.29) is 17.2 Å². The number of benzene rings is 2. The van der Waals surface area contributed by atoms with Gasteiger partial charge in [0.15, 0.2) is 0 Å². The Morgan fingerprint density at radius 2 is 2.00 bits per heavy atom. The van der Waals surface area contributed by atoms with Crippen molar-refractivity contribution in [1.82, 2.24) is 5.32 Å². The quantitative estimate of drug-likeness (QED) is 0.779. The second kappa shape index (κ2) is 7.41. The van der Waals surface area contributed by atoms with Crippen LogP contribution in [0.15, 0.2) is 48.5 Å². The molecular weight excluding hydrogens is 366 g/mol. The molecule has 1 saturated heterocycles. The van der Waals surface area contributed by atoms with Crippen LogP contribution in [0.25, 0.3) is 0 Å². The van der Waals surface area contributed by atoms with Gasteiger partial charge in [-0.15, -0.1) is 0 Å². The molecule has 2 fully saturated rings. The summed E-state index contributed by atoms with van der Waals surface area (Å²) in [6, 6.07) is 17.0. The van der Waals surface area contributed by atoms with Crippen molar-refractivity contribution in [2.45, 2.75) is 44.4 Å². The first-order valence-electron chi connectivity index (χ1n) is 9.83. The first-order valence-corrected chi connectivity index (χ1v) is 9.83. The minimum absolute atomic E-state index is 0.223. The van der Waals surface area contributed by atoms with Crippen LogP contribution in [0.3, 0.4) is 0 Å². The maximum Gasteiger partial charge on any atom is 0.319 e. The van der Waals surface area contributed by atoms with E-state index in [9.17, 15) is 4.79 Å². The van der Waals surface area contributed by atoms with E-state index < -0.39 is 0 Å². The van der Waals surface area contributed by atoms with Crippen LogP contribution in [0.4, 0.5) is 10.5 Å². The second-order valence-corrected chi connectivity index (χ2v) is 8.20. The van der Waals surface area contributed by atoms with Crippen LogP contribution in [-0.4, -0.2) is 23.8 Å². The summed E-state index contributed by atoms with van der Waals surface area (Å²) in [6.45, 7) is 5.09. The predicted molar refractivity (Wildman–Crippen MR) is 110 cm³/mol. The lowest BCUT2D eigenvalue weighted by atomic mass is 9.96. The Bertz CT molecular complexity index is 949. The molecule has 2 aromatic carbocycles. The number of amides is 2. The van der Waals surface area contributed by atoms with Crippen molar-refractivity contribution >= 4 is 11.7 Å². The zero-order valence-electron chi connectivity index (χ0n) is 16.7. The smallest absolute Gasteiger partial charge is 0.319 e. The zero-order valence-corrected chi connectivity index (χ0v) is 16.7. The molecule has 150 valence electrons. The summed E-state index contributed by atoms with van der Waals surface area (Å²) in [6.07, 6.45) is 1.34. The maximum atomic E-state index is 12.7. The Balaban J connectivity index is 1.38. The molecule has 29 heavy (non-hydrogen) atoms. The number of hydrogen-bond acceptors (Lipinski definition) is 4. The molecule has 0 aromatic heterocycles. The summed E-state index contributed by atoms with van der Waals surface area (Å²) in [5.74, 6) is 1.11. The van der Waals surface area contributed by atoms with Crippen LogP contribution in [-0.2, 0) is 17.8 Å². The summed E-state index contributed by atoms with van der Waals surface area (Å²) in [7, 11) is 0. The number of ether oxygens (including phenoxy) is 2. The van der Waals surface area contributed by atoms with E-state index in [0.717, 1.165) is 29.0 Å². The third kappa shape index (κ3) is 3.79. The fourth-order valence-electron chi connectivity index (χ4n) is 4.09. The van der Waals surface area contributed by atoms with Crippen LogP contribution in [0, 0.1) is 17.2 Å². The molecule has 0 radical (unpaired) electrons. The molecular formula is C23H25N3O3. The van der Waals surface area contributed by atoms with Gasteiger partial charge in [-0.1, -0.05) is 30.3 Å². The first kappa shape index (κ1) is 19.3. The van der Waals surface area contributed by atoms with Gasteiger partial charge in [0, 0.05) is 17.2 Å². The van der Waals surface area contributed by atoms with E-state index in [1.54, 1.807) is 0 Å². The van der Waals surface area contributed by atoms with Gasteiger partial charge in [-0.2, -0.15) is 5.26 Å². The third-order valence-electron chi connectivity index (χ3n) is 6.03. The molecule has 2 N–H and O–H groups in total. The van der Waals surface area contributed by atoms with Gasteiger partial charge in [0.25, 0.3) is 0 Å². The minimum Gasteiger partial charge on any atom is -0.489 e. The molecule has 1 heterocycles. The Labute approximate surface area is 170 Å². The number of urea groups is 1. The predicted octanol–water partition coefficient (Wildman–Crippen LogP) is 4.02. The molecule has 0 spiro atoms. The number of nitriles is 1. The number of anilines is 1. The molecule has 1 saturated carbocycles. The highest BCUT2D eigenvalue weighted by molar-refractivity contribution is 5.91. The van der Waals surface area contributed by atoms with Crippen LogP contribution >= 0.6 is 0 Å². The third-order valence-corrected chi connectivity index (χ3v) is 6.03. The summed E-state index contributed by atoms with van der Waals surface area (Å²) < 4.78 is 11.7. The van der Waals surface area contributed by atoms with Crippen molar-refractivity contribution < 1.29 is 14.3 Å². The highest BCUT2D eigenvalue weighted by Gasteiger charge is 2.69. The molecule has 2 amide bonds. The van der Waals surface area contributed by atoms with Gasteiger partial charge in [-0.25, -0.2) is 4.79 Å². The number of carbonyl (C=O) groups is 1. The van der Waals surface area contributed by atoms with E-state index >= 15 is 0 Å². The van der Waals surface area contributed by atoms with Gasteiger partial charge in [0.05, 0.1) is 30.2 Å². The zero-order chi connectivity index (χ0) is 20.5. The van der Waals surface area contributed by atoms with Crippen LogP contribution in [0.5, 0.6) is 5.75 Å². The fourth-order valence-corrected chi connectivity index (χ4v) is 4.09. The summed E-state index contributed by atoms with van der Waals surface area (Å²) in [5.41, 5.74) is 1.94. The first-order chi connectivity index (χ1) is 13.9. The van der Waals surface area contributed by atoms with Crippen LogP contribution in [0.1, 0.15) is 31.4 Å². The molecule has 1 aliphatic carbocycles. The number of carbonyl (C=O) groups excluding carboxylic acids is 1. The van der Waals surface area contributed by atoms with E-state index in [1.807, 2.05) is 62.4 Å². The van der Waals surface area contributed by atoms with Crippen molar-refractivity contribution in [2.24, 2.45) is 5.92 Å². The summed E-state index contributed by atoms with van der Waals surface area (Å²) >= 11 is 0. The normalized spacial score (nSPS) is 23.6. The summed E-state index contributed by atoms with van der Waals surface area (Å²) in [5, 5.41) is 14.9. The lowest BCUT2D eigenvalue weighted by Crippen LogP contribution is -2.52. The van der Waals surface area contributed by atoms with Crippen LogP contribution in [0.2, 0.25) is 0 Å². The average molecular weight is 391 g/mol. The van der Waals surface area contributed by atoms with E-state index in [2.05, 4.69) is 16.7 Å². The number of nitrogens with zero attached hydrogens (tertiary/aromatic N) is 1. The standard InChI is InChI=1S/C23H25N3O3/c1-22(2)23(13-18(23)15-29-22)26-21(27)25-20-6-4-3-5-17(20)14-28-19-9-7-16(8-10-19)11-12-24/h3-10,18H,11,13-15H2,1-2H3,(H2,25,26,27). The topological polar surface area (TPSA) is 83.4 Å². The van der Waals surface area contributed by atoms with E-state index in [0.29, 0.717) is 25.6 Å². The Kier molecular flexibility index (Phi) is 4.93. The van der Waals surface area contributed by atoms with Crippen LogP contribution < -0.4 is 15.4 Å². The lowest BCUT2D eigenvalue weighted by Gasteiger charge is -2.31. The van der Waals surface area contributed by atoms with Gasteiger partial charge < -0.3 is 20.1 Å². The Hall–Kier alpha value is -3.04. The average Bonchev–Trinajstić information content (AvgIpc) is 3.35. The molecule has 1 aliphatic heterocycles. The Morgan fingerprint density at radius 3 is 2.66 bits per heavy atom. The summed E-state index contributed by atoms with van der Waals surface area (Å²) in [4.78, 5) is 12.7. The van der Waals surface area contributed by atoms with Gasteiger partial charge in [0.1, 0.15) is 12.4 Å². The van der Waals surface area contributed by atoms with Crippen molar-refractivity contribution in [1.29, 1.82) is 5.26 Å². The maximum absolute atomic E-state index is 12.7. The Morgan fingerprint density at radius 1 is 1.24 bits per heavy atom. The molecule has 6 nitrogen and oxygen atoms in total. The second-order valence-electron chi connectivity index (χ2n) is 8.20. The number of rotatable bonds is 6. The van der Waals surface area contributed by atoms with Crippen molar-refractivity contribution in [3.8, 4) is 11.8 Å². The van der Waals surface area contributed by atoms with Crippen molar-refractivity contribution in [3.05, 3.63) is 59.7 Å². The molecule has 2 atom stereocenters. The lowest BCUT2D eigenvalue weighted by molar-refractivity contribution is -0.00667. The number of nitrogens with one attached hydrogen (secondary N) is 2. The molecule has 2 unspecified atom stereocenters. The van der Waals surface area contributed by atoms with Gasteiger partial charge in [-0.05, 0) is 44.0 Å². The van der Waals surface area contributed by atoms with E-state index in [4.69, 9.17) is 14.7 Å². The number of fused-ring (bicyclic) bond motifs is 1. The number of para-hydroxylation sites is 1. The molecule has 2 aliphatic rings. The van der Waals surface area contributed by atoms with Crippen molar-refractivity contribution in [2.75, 3.05) is 11.9 Å². The van der Waals surface area contributed by atoms with Crippen molar-refractivity contribution in [3.63, 3.8) is 0 Å². The largest absolute Gasteiger partial charge is 0.489 e.